The summed E-state index contributed by atoms with van der Waals surface area (Å²) in [5, 5.41) is 13.4. The van der Waals surface area contributed by atoms with E-state index in [0.717, 1.165) is 48.1 Å². The number of benzene rings is 2. The molecule has 182 valence electrons. The van der Waals surface area contributed by atoms with E-state index < -0.39 is 0 Å². The van der Waals surface area contributed by atoms with Crippen LogP contribution in [-0.2, 0) is 24.2 Å². The third-order valence-corrected chi connectivity index (χ3v) is 9.20. The van der Waals surface area contributed by atoms with E-state index in [-0.39, 0.29) is 11.4 Å². The van der Waals surface area contributed by atoms with Crippen molar-refractivity contribution in [2.45, 2.75) is 68.6 Å². The van der Waals surface area contributed by atoms with Gasteiger partial charge in [-0.25, -0.2) is 0 Å². The van der Waals surface area contributed by atoms with Crippen molar-refractivity contribution in [2.24, 2.45) is 17.8 Å². The molecule has 6 heteroatoms. The number of hydrogen-bond acceptors (Lipinski definition) is 4. The lowest BCUT2D eigenvalue weighted by atomic mass is 9.53. The molecule has 35 heavy (non-hydrogen) atoms. The Bertz CT molecular complexity index is 1120. The van der Waals surface area contributed by atoms with Gasteiger partial charge in [-0.2, -0.15) is 0 Å². The molecule has 3 aromatic rings. The van der Waals surface area contributed by atoms with Crippen molar-refractivity contribution in [3.63, 3.8) is 0 Å². The van der Waals surface area contributed by atoms with Gasteiger partial charge < -0.3 is 9.88 Å². The molecule has 1 heterocycles. The summed E-state index contributed by atoms with van der Waals surface area (Å²) < 4.78 is 2.20. The highest BCUT2D eigenvalue weighted by molar-refractivity contribution is 7.99. The molecule has 0 saturated heterocycles. The maximum atomic E-state index is 13.1. The van der Waals surface area contributed by atoms with Gasteiger partial charge in [-0.15, -0.1) is 10.2 Å². The van der Waals surface area contributed by atoms with E-state index in [1.807, 2.05) is 12.1 Å². The summed E-state index contributed by atoms with van der Waals surface area (Å²) in [5.41, 5.74) is 2.57. The SMILES string of the molecule is O=C(CSc1nnc(CCc2ccccc2)n1Cc1ccccc1)NC12CC3CC(CC(C3)C1)C2. The molecule has 5 nitrogen and oxygen atoms in total. The molecule has 4 bridgehead atoms. The van der Waals surface area contributed by atoms with E-state index in [9.17, 15) is 4.79 Å². The Morgan fingerprint density at radius 1 is 0.857 bits per heavy atom. The predicted octanol–water partition coefficient (Wildman–Crippen LogP) is 5.29. The van der Waals surface area contributed by atoms with E-state index in [1.54, 1.807) is 0 Å². The molecule has 4 aliphatic carbocycles. The summed E-state index contributed by atoms with van der Waals surface area (Å²) >= 11 is 1.52. The highest BCUT2D eigenvalue weighted by Crippen LogP contribution is 2.55. The zero-order valence-corrected chi connectivity index (χ0v) is 21.1. The highest BCUT2D eigenvalue weighted by Gasteiger charge is 2.51. The maximum Gasteiger partial charge on any atom is 0.230 e. The smallest absolute Gasteiger partial charge is 0.230 e. The summed E-state index contributed by atoms with van der Waals surface area (Å²) in [4.78, 5) is 13.1. The molecular formula is C29H34N4OS. The van der Waals surface area contributed by atoms with Gasteiger partial charge in [0.1, 0.15) is 5.82 Å². The fraction of sp³-hybridized carbons (Fsp3) is 0.483. The molecule has 0 atom stereocenters. The zero-order valence-electron chi connectivity index (χ0n) is 20.2. The fourth-order valence-electron chi connectivity index (χ4n) is 7.16. The van der Waals surface area contributed by atoms with Crippen molar-refractivity contribution in [3.8, 4) is 0 Å². The number of rotatable bonds is 9. The van der Waals surface area contributed by atoms with Crippen LogP contribution in [0, 0.1) is 17.8 Å². The third kappa shape index (κ3) is 5.18. The molecule has 7 rings (SSSR count). The molecule has 2 aromatic carbocycles. The van der Waals surface area contributed by atoms with Crippen molar-refractivity contribution in [3.05, 3.63) is 77.6 Å². The Morgan fingerprint density at radius 3 is 2.09 bits per heavy atom. The maximum absolute atomic E-state index is 13.1. The van der Waals surface area contributed by atoms with Crippen LogP contribution < -0.4 is 5.32 Å². The van der Waals surface area contributed by atoms with Crippen LogP contribution in [0.2, 0.25) is 0 Å². The minimum Gasteiger partial charge on any atom is -0.350 e. The number of carbonyl (C=O) groups is 1. The number of nitrogens with one attached hydrogen (secondary N) is 1. The second kappa shape index (κ2) is 9.81. The molecule has 4 fully saturated rings. The molecule has 1 amide bonds. The van der Waals surface area contributed by atoms with E-state index >= 15 is 0 Å². The van der Waals surface area contributed by atoms with Gasteiger partial charge >= 0.3 is 0 Å². The average Bonchev–Trinajstić information content (AvgIpc) is 3.23. The van der Waals surface area contributed by atoms with Crippen LogP contribution in [0.3, 0.4) is 0 Å². The number of nitrogens with zero attached hydrogens (tertiary/aromatic N) is 3. The fourth-order valence-corrected chi connectivity index (χ4v) is 7.92. The van der Waals surface area contributed by atoms with Crippen molar-refractivity contribution < 1.29 is 4.79 Å². The first kappa shape index (κ1) is 22.8. The van der Waals surface area contributed by atoms with E-state index in [1.165, 1.54) is 61.4 Å². The summed E-state index contributed by atoms with van der Waals surface area (Å²) in [6, 6.07) is 20.9. The number of amides is 1. The van der Waals surface area contributed by atoms with Crippen LogP contribution in [0.4, 0.5) is 0 Å². The Morgan fingerprint density at radius 2 is 1.46 bits per heavy atom. The first-order valence-corrected chi connectivity index (χ1v) is 14.1. The van der Waals surface area contributed by atoms with Gasteiger partial charge in [0.2, 0.25) is 5.91 Å². The number of carbonyl (C=O) groups excluding carboxylic acids is 1. The summed E-state index contributed by atoms with van der Waals surface area (Å²) in [6.07, 6.45) is 9.46. The van der Waals surface area contributed by atoms with Gasteiger partial charge in [0.15, 0.2) is 5.16 Å². The van der Waals surface area contributed by atoms with Crippen molar-refractivity contribution >= 4 is 17.7 Å². The summed E-state index contributed by atoms with van der Waals surface area (Å²) in [6.45, 7) is 0.719. The van der Waals surface area contributed by atoms with Gasteiger partial charge in [0.25, 0.3) is 0 Å². The number of aromatic nitrogens is 3. The lowest BCUT2D eigenvalue weighted by Gasteiger charge is -2.56. The normalized spacial score (nSPS) is 26.7. The number of thioether (sulfide) groups is 1. The Hall–Kier alpha value is -2.60. The predicted molar refractivity (Wildman–Crippen MR) is 139 cm³/mol. The first-order chi connectivity index (χ1) is 17.1. The summed E-state index contributed by atoms with van der Waals surface area (Å²) in [5.74, 6) is 4.01. The quantitative estimate of drug-likeness (QED) is 0.418. The van der Waals surface area contributed by atoms with Gasteiger partial charge in [0, 0.05) is 12.0 Å². The molecule has 0 unspecified atom stereocenters. The highest BCUT2D eigenvalue weighted by atomic mass is 32.2. The molecule has 0 spiro atoms. The van der Waals surface area contributed by atoms with Gasteiger partial charge in [0.05, 0.1) is 12.3 Å². The molecule has 0 radical (unpaired) electrons. The van der Waals surface area contributed by atoms with E-state index in [2.05, 4.69) is 68.6 Å². The molecule has 1 aromatic heterocycles. The summed E-state index contributed by atoms with van der Waals surface area (Å²) in [7, 11) is 0. The Balaban J connectivity index is 1.13. The van der Waals surface area contributed by atoms with Crippen LogP contribution in [0.15, 0.2) is 65.8 Å². The Labute approximate surface area is 212 Å². The van der Waals surface area contributed by atoms with Gasteiger partial charge in [-0.05, 0) is 73.8 Å². The van der Waals surface area contributed by atoms with Crippen LogP contribution in [0.1, 0.15) is 55.5 Å². The van der Waals surface area contributed by atoms with Gasteiger partial charge in [-0.3, -0.25) is 4.79 Å². The second-order valence-electron chi connectivity index (χ2n) is 11.0. The largest absolute Gasteiger partial charge is 0.350 e. The van der Waals surface area contributed by atoms with Gasteiger partial charge in [-0.1, -0.05) is 72.4 Å². The lowest BCUT2D eigenvalue weighted by molar-refractivity contribution is -0.124. The van der Waals surface area contributed by atoms with Crippen molar-refractivity contribution in [1.29, 1.82) is 0 Å². The monoisotopic (exact) mass is 486 g/mol. The van der Waals surface area contributed by atoms with Crippen LogP contribution >= 0.6 is 11.8 Å². The molecule has 1 N–H and O–H groups in total. The van der Waals surface area contributed by atoms with Crippen LogP contribution in [-0.4, -0.2) is 32.0 Å². The topological polar surface area (TPSA) is 59.8 Å². The minimum atomic E-state index is 0.0605. The van der Waals surface area contributed by atoms with Crippen LogP contribution in [0.5, 0.6) is 0 Å². The molecule has 4 saturated carbocycles. The Kier molecular flexibility index (Phi) is 6.40. The first-order valence-electron chi connectivity index (χ1n) is 13.1. The average molecular weight is 487 g/mol. The zero-order chi connectivity index (χ0) is 23.7. The van der Waals surface area contributed by atoms with Crippen molar-refractivity contribution in [2.75, 3.05) is 5.75 Å². The van der Waals surface area contributed by atoms with E-state index in [4.69, 9.17) is 0 Å². The standard InChI is InChI=1S/C29H34N4OS/c34-27(30-29-16-23-13-24(17-29)15-25(14-23)18-29)20-35-28-32-31-26(12-11-21-7-3-1-4-8-21)33(28)19-22-9-5-2-6-10-22/h1-10,23-25H,11-20H2,(H,30,34). The molecule has 0 aliphatic heterocycles. The molecule has 4 aliphatic rings. The van der Waals surface area contributed by atoms with Crippen molar-refractivity contribution in [1.82, 2.24) is 20.1 Å². The van der Waals surface area contributed by atoms with Crippen LogP contribution in [0.25, 0.3) is 0 Å². The number of aryl methyl sites for hydroxylation is 2. The minimum absolute atomic E-state index is 0.0605. The number of hydrogen-bond donors (Lipinski definition) is 1. The second-order valence-corrected chi connectivity index (χ2v) is 11.9. The third-order valence-electron chi connectivity index (χ3n) is 8.23. The lowest BCUT2D eigenvalue weighted by Crippen LogP contribution is -2.60. The molecular weight excluding hydrogens is 452 g/mol. The van der Waals surface area contributed by atoms with E-state index in [0.29, 0.717) is 5.75 Å².